The van der Waals surface area contributed by atoms with Crippen LogP contribution in [0.5, 0.6) is 5.75 Å². The normalized spacial score (nSPS) is 13.4. The Kier molecular flexibility index (Phi) is 3.85. The number of carbonyl (C=O) groups excluding carboxylic acids is 2. The van der Waals surface area contributed by atoms with Crippen LogP contribution >= 0.6 is 0 Å². The lowest BCUT2D eigenvalue weighted by molar-refractivity contribution is 0.0845. The zero-order valence-electron chi connectivity index (χ0n) is 14.1. The molecule has 2 amide bonds. The number of methoxy groups -OCH3 is 1. The first-order valence-corrected chi connectivity index (χ1v) is 9.47. The van der Waals surface area contributed by atoms with Gasteiger partial charge in [0.1, 0.15) is 5.75 Å². The van der Waals surface area contributed by atoms with E-state index in [-0.39, 0.29) is 16.1 Å². The lowest BCUT2D eigenvalue weighted by Crippen LogP contribution is -2.34. The Hall–Kier alpha value is -3.39. The molecule has 0 fully saturated rings. The fourth-order valence-corrected chi connectivity index (χ4v) is 4.23. The van der Waals surface area contributed by atoms with Gasteiger partial charge in [-0.1, -0.05) is 24.3 Å². The van der Waals surface area contributed by atoms with Gasteiger partial charge in [0.15, 0.2) is 0 Å². The zero-order chi connectivity index (χ0) is 19.2. The number of sulfonamides is 1. The molecule has 0 aromatic heterocycles. The molecular weight excluding hydrogens is 368 g/mol. The molecule has 27 heavy (non-hydrogen) atoms. The van der Waals surface area contributed by atoms with Crippen molar-refractivity contribution in [2.24, 2.45) is 0 Å². The minimum atomic E-state index is -3.99. The highest BCUT2D eigenvalue weighted by Crippen LogP contribution is 2.31. The Morgan fingerprint density at radius 2 is 1.67 bits per heavy atom. The van der Waals surface area contributed by atoms with Crippen molar-refractivity contribution in [3.8, 4) is 5.75 Å². The van der Waals surface area contributed by atoms with Crippen molar-refractivity contribution < 1.29 is 22.7 Å². The predicted octanol–water partition coefficient (Wildman–Crippen LogP) is 2.53. The molecule has 1 aliphatic heterocycles. The van der Waals surface area contributed by atoms with Crippen molar-refractivity contribution in [2.45, 2.75) is 4.90 Å². The number of nitrogens with one attached hydrogen (secondary N) is 2. The molecule has 0 saturated heterocycles. The van der Waals surface area contributed by atoms with E-state index in [9.17, 15) is 18.0 Å². The van der Waals surface area contributed by atoms with Crippen molar-refractivity contribution >= 4 is 38.3 Å². The van der Waals surface area contributed by atoms with Crippen LogP contribution in [0.2, 0.25) is 0 Å². The highest BCUT2D eigenvalue weighted by Gasteiger charge is 2.27. The predicted molar refractivity (Wildman–Crippen MR) is 99.5 cm³/mol. The summed E-state index contributed by atoms with van der Waals surface area (Å²) in [6, 6.07) is 14.2. The second kappa shape index (κ2) is 6.10. The molecule has 0 radical (unpaired) electrons. The first kappa shape index (κ1) is 17.0. The molecule has 3 aromatic rings. The van der Waals surface area contributed by atoms with Gasteiger partial charge in [0.2, 0.25) is 0 Å². The molecule has 0 spiro atoms. The average Bonchev–Trinajstić information content (AvgIpc) is 2.65. The van der Waals surface area contributed by atoms with Gasteiger partial charge < -0.3 is 4.74 Å². The minimum Gasteiger partial charge on any atom is -0.495 e. The van der Waals surface area contributed by atoms with Crippen molar-refractivity contribution in [3.05, 3.63) is 65.7 Å². The highest BCUT2D eigenvalue weighted by molar-refractivity contribution is 7.92. The third kappa shape index (κ3) is 2.80. The molecule has 0 atom stereocenters. The summed E-state index contributed by atoms with van der Waals surface area (Å²) in [4.78, 5) is 24.2. The Morgan fingerprint density at radius 1 is 0.926 bits per heavy atom. The molecule has 3 aromatic carbocycles. The van der Waals surface area contributed by atoms with Crippen LogP contribution < -0.4 is 14.8 Å². The van der Waals surface area contributed by atoms with Crippen molar-refractivity contribution in [1.82, 2.24) is 5.32 Å². The number of hydrogen-bond acceptors (Lipinski definition) is 5. The quantitative estimate of drug-likeness (QED) is 0.675. The maximum absolute atomic E-state index is 12.9. The summed E-state index contributed by atoms with van der Waals surface area (Å²) in [6.45, 7) is 0. The second-order valence-corrected chi connectivity index (χ2v) is 7.65. The molecule has 2 N–H and O–H groups in total. The number of hydrogen-bond donors (Lipinski definition) is 2. The number of ether oxygens (including phenoxy) is 1. The lowest BCUT2D eigenvalue weighted by Gasteiger charge is -2.18. The van der Waals surface area contributed by atoms with Gasteiger partial charge in [0.25, 0.3) is 21.8 Å². The Balaban J connectivity index is 1.87. The fraction of sp³-hybridized carbons (Fsp3) is 0.0526. The lowest BCUT2D eigenvalue weighted by atomic mass is 9.95. The number of rotatable bonds is 4. The maximum Gasteiger partial charge on any atom is 0.262 e. The SMILES string of the molecule is COc1ccccc1NS(=O)(=O)c1cc2c3c(cccc3c1)C(=O)NC2=O. The third-order valence-electron chi connectivity index (χ3n) is 4.33. The fourth-order valence-electron chi connectivity index (χ4n) is 3.09. The maximum atomic E-state index is 12.9. The van der Waals surface area contributed by atoms with E-state index in [1.165, 1.54) is 19.2 Å². The number of imide groups is 1. The van der Waals surface area contributed by atoms with E-state index in [1.54, 1.807) is 42.5 Å². The molecule has 136 valence electrons. The summed E-state index contributed by atoms with van der Waals surface area (Å²) in [5, 5.41) is 3.17. The number of benzene rings is 3. The molecule has 0 unspecified atom stereocenters. The summed E-state index contributed by atoms with van der Waals surface area (Å²) < 4.78 is 33.4. The largest absolute Gasteiger partial charge is 0.495 e. The highest BCUT2D eigenvalue weighted by atomic mass is 32.2. The summed E-state index contributed by atoms with van der Waals surface area (Å²) >= 11 is 0. The van der Waals surface area contributed by atoms with Crippen molar-refractivity contribution in [1.29, 1.82) is 0 Å². The molecule has 1 aliphatic rings. The van der Waals surface area contributed by atoms with Gasteiger partial charge in [-0.25, -0.2) is 8.42 Å². The van der Waals surface area contributed by atoms with Gasteiger partial charge in [0, 0.05) is 16.5 Å². The van der Waals surface area contributed by atoms with Crippen molar-refractivity contribution in [2.75, 3.05) is 11.8 Å². The third-order valence-corrected chi connectivity index (χ3v) is 5.67. The molecular formula is C19H14N2O5S. The van der Waals surface area contributed by atoms with Crippen LogP contribution in [0.25, 0.3) is 10.8 Å². The summed E-state index contributed by atoms with van der Waals surface area (Å²) in [5.74, 6) is -0.757. The summed E-state index contributed by atoms with van der Waals surface area (Å²) in [7, 11) is -2.55. The Bertz CT molecular complexity index is 1220. The van der Waals surface area contributed by atoms with Gasteiger partial charge in [-0.15, -0.1) is 0 Å². The van der Waals surface area contributed by atoms with Crippen LogP contribution in [0.4, 0.5) is 5.69 Å². The van der Waals surface area contributed by atoms with Gasteiger partial charge in [-0.3, -0.25) is 19.6 Å². The number of amides is 2. The van der Waals surface area contributed by atoms with Crippen molar-refractivity contribution in [3.63, 3.8) is 0 Å². The smallest absolute Gasteiger partial charge is 0.262 e. The van der Waals surface area contributed by atoms with Gasteiger partial charge in [0.05, 0.1) is 17.7 Å². The first-order valence-electron chi connectivity index (χ1n) is 7.99. The molecule has 1 heterocycles. The van der Waals surface area contributed by atoms with Crippen LogP contribution in [0.3, 0.4) is 0 Å². The monoisotopic (exact) mass is 382 g/mol. The molecule has 0 aliphatic carbocycles. The van der Waals surface area contributed by atoms with Gasteiger partial charge in [-0.05, 0) is 35.7 Å². The Morgan fingerprint density at radius 3 is 2.44 bits per heavy atom. The van der Waals surface area contributed by atoms with Crippen LogP contribution in [0, 0.1) is 0 Å². The first-order chi connectivity index (χ1) is 12.9. The Labute approximate surface area is 155 Å². The summed E-state index contributed by atoms with van der Waals surface area (Å²) in [6.07, 6.45) is 0. The van der Waals surface area contributed by atoms with Crippen LogP contribution in [-0.2, 0) is 10.0 Å². The van der Waals surface area contributed by atoms with Crippen LogP contribution in [0.1, 0.15) is 20.7 Å². The number of para-hydroxylation sites is 2. The average molecular weight is 382 g/mol. The standard InChI is InChI=1S/C19H14N2O5S/c1-26-16-8-3-2-7-15(16)21-27(24,25)12-9-11-5-4-6-13-17(11)14(10-12)19(23)20-18(13)22/h2-10,21H,1H3,(H,20,22,23). The van der Waals surface area contributed by atoms with Gasteiger partial charge >= 0.3 is 0 Å². The zero-order valence-corrected chi connectivity index (χ0v) is 15.0. The van der Waals surface area contributed by atoms with E-state index in [1.807, 2.05) is 0 Å². The molecule has 4 rings (SSSR count). The van der Waals surface area contributed by atoms with Gasteiger partial charge in [-0.2, -0.15) is 0 Å². The molecule has 0 saturated carbocycles. The van der Waals surface area contributed by atoms with E-state index in [0.717, 1.165) is 0 Å². The second-order valence-electron chi connectivity index (χ2n) is 5.96. The van der Waals surface area contributed by atoms with E-state index >= 15 is 0 Å². The van der Waals surface area contributed by atoms with E-state index in [4.69, 9.17) is 4.74 Å². The molecule has 8 heteroatoms. The number of anilines is 1. The van der Waals surface area contributed by atoms with Crippen LogP contribution in [-0.4, -0.2) is 27.3 Å². The number of carbonyl (C=O) groups is 2. The van der Waals surface area contributed by atoms with E-state index < -0.39 is 21.8 Å². The van der Waals surface area contributed by atoms with E-state index in [2.05, 4.69) is 10.0 Å². The topological polar surface area (TPSA) is 102 Å². The minimum absolute atomic E-state index is 0.0856. The van der Waals surface area contributed by atoms with E-state index in [0.29, 0.717) is 22.1 Å². The molecule has 7 nitrogen and oxygen atoms in total. The van der Waals surface area contributed by atoms with Crippen LogP contribution in [0.15, 0.2) is 59.5 Å². The summed E-state index contributed by atoms with van der Waals surface area (Å²) in [5.41, 5.74) is 0.758. The molecule has 0 bridgehead atoms.